The minimum Gasteiger partial charge on any atom is -0.496 e. The molecule has 3 saturated heterocycles. The second kappa shape index (κ2) is 25.6. The summed E-state index contributed by atoms with van der Waals surface area (Å²) in [5.74, 6) is -0.230. The molecule has 9 rings (SSSR count). The first-order chi connectivity index (χ1) is 36.8. The number of ketones is 1. The molecule has 2 aromatic heterocycles. The van der Waals surface area contributed by atoms with Crippen molar-refractivity contribution < 1.29 is 42.6 Å². The lowest BCUT2D eigenvalue weighted by molar-refractivity contribution is -0.140. The highest BCUT2D eigenvalue weighted by atomic mass is 32.2. The maximum absolute atomic E-state index is 14.7. The van der Waals surface area contributed by atoms with Crippen molar-refractivity contribution in [1.29, 1.82) is 0 Å². The van der Waals surface area contributed by atoms with Gasteiger partial charge in [-0.05, 0) is 164 Å². The van der Waals surface area contributed by atoms with Gasteiger partial charge >= 0.3 is 0 Å². The number of aromatic nitrogens is 2. The Bertz CT molecular complexity index is 2830. The average molecular weight is 1100 g/mol. The molecule has 5 atom stereocenters. The van der Waals surface area contributed by atoms with Crippen LogP contribution >= 0.6 is 34.4 Å². The Balaban J connectivity index is 0.766. The van der Waals surface area contributed by atoms with Gasteiger partial charge in [-0.3, -0.25) is 29.3 Å². The first-order valence-corrected chi connectivity index (χ1v) is 28.9. The molecular formula is C56H67FN8O8S3. The number of rotatable bonds is 17. The summed E-state index contributed by atoms with van der Waals surface area (Å²) in [6, 6.07) is 15.3. The van der Waals surface area contributed by atoms with Crippen LogP contribution < -0.4 is 25.4 Å². The highest BCUT2D eigenvalue weighted by Gasteiger charge is 2.42. The molecule has 20 heteroatoms. The van der Waals surface area contributed by atoms with Gasteiger partial charge in [-0.15, -0.1) is 11.3 Å². The lowest BCUT2D eigenvalue weighted by atomic mass is 9.86. The number of carbonyl (C=O) groups excluding carboxylic acids is 5. The van der Waals surface area contributed by atoms with Crippen LogP contribution in [-0.2, 0) is 14.3 Å². The molecule has 0 radical (unpaired) electrons. The van der Waals surface area contributed by atoms with Gasteiger partial charge in [0.25, 0.3) is 11.8 Å². The van der Waals surface area contributed by atoms with Gasteiger partial charge in [-0.2, -0.15) is 0 Å². The van der Waals surface area contributed by atoms with Gasteiger partial charge in [-0.1, -0.05) is 29.5 Å². The normalized spacial score (nSPS) is 20.5. The van der Waals surface area contributed by atoms with Crippen LogP contribution in [-0.4, -0.2) is 138 Å². The van der Waals surface area contributed by atoms with Gasteiger partial charge in [-0.25, -0.2) is 14.4 Å². The van der Waals surface area contributed by atoms with Crippen molar-refractivity contribution in [1.82, 2.24) is 35.3 Å². The summed E-state index contributed by atoms with van der Waals surface area (Å²) in [6.07, 6.45) is 10.8. The van der Waals surface area contributed by atoms with Crippen molar-refractivity contribution in [2.75, 3.05) is 65.4 Å². The molecule has 4 aliphatic rings. The van der Waals surface area contributed by atoms with Crippen molar-refractivity contribution in [3.05, 3.63) is 111 Å². The fraction of sp³-hybridized carbons (Fsp3) is 0.482. The molecule has 16 nitrogen and oxygen atoms in total. The van der Waals surface area contributed by atoms with Crippen molar-refractivity contribution in [2.24, 2.45) is 5.92 Å². The topological polar surface area (TPSA) is 185 Å². The molecule has 4 fully saturated rings. The quantitative estimate of drug-likeness (QED) is 0.0752. The predicted octanol–water partition coefficient (Wildman–Crippen LogP) is 8.80. The number of ether oxygens (including phenoxy) is 3. The SMILES string of the molecule is CN[C@@H](C)C(=O)N[C@H](C(=O)N1CCC[C@H]1c1nc(C(=O)c2ccc(F)cc2)cs1)C1CCN(C2CCCCC(Oc3ccc(C(=O)Nc4ncc(Sc5cc(C(=O)N6CCOCC6)c(OC)cc5C)s4)cc3)CC2)CC1. The molecule has 76 heavy (non-hydrogen) atoms. The highest BCUT2D eigenvalue weighted by molar-refractivity contribution is 8.01. The number of morpholine rings is 1. The molecule has 1 aliphatic carbocycles. The Labute approximate surface area is 455 Å². The van der Waals surface area contributed by atoms with Gasteiger partial charge in [0.2, 0.25) is 17.6 Å². The summed E-state index contributed by atoms with van der Waals surface area (Å²) in [6.45, 7) is 8.01. The third-order valence-corrected chi connectivity index (χ3v) is 18.2. The van der Waals surface area contributed by atoms with Gasteiger partial charge in [0, 0.05) is 47.1 Å². The zero-order chi connectivity index (χ0) is 53.3. The number of nitrogens with zero attached hydrogens (tertiary/aromatic N) is 5. The van der Waals surface area contributed by atoms with E-state index in [0.29, 0.717) is 83.6 Å². The predicted molar refractivity (Wildman–Crippen MR) is 291 cm³/mol. The molecule has 0 bridgehead atoms. The summed E-state index contributed by atoms with van der Waals surface area (Å²) in [5.41, 5.74) is 2.56. The zero-order valence-corrected chi connectivity index (χ0v) is 46.0. The number of likely N-dealkylation sites (N-methyl/N-ethyl adjacent to an activating group) is 1. The maximum atomic E-state index is 14.7. The molecule has 4 amide bonds. The van der Waals surface area contributed by atoms with E-state index < -0.39 is 17.9 Å². The van der Waals surface area contributed by atoms with E-state index in [1.807, 2.05) is 36.1 Å². The van der Waals surface area contributed by atoms with Crippen molar-refractivity contribution in [3.63, 3.8) is 0 Å². The molecule has 5 aromatic rings. The number of carbonyl (C=O) groups is 5. The Morgan fingerprint density at radius 2 is 1.61 bits per heavy atom. The lowest BCUT2D eigenvalue weighted by Crippen LogP contribution is -2.57. The van der Waals surface area contributed by atoms with Gasteiger partial charge in [0.05, 0.1) is 54.5 Å². The molecule has 1 saturated carbocycles. The van der Waals surface area contributed by atoms with Crippen molar-refractivity contribution in [3.8, 4) is 11.5 Å². The van der Waals surface area contributed by atoms with Crippen molar-refractivity contribution in [2.45, 2.75) is 117 Å². The fourth-order valence-corrected chi connectivity index (χ4v) is 13.5. The first kappa shape index (κ1) is 55.0. The molecule has 5 heterocycles. The van der Waals surface area contributed by atoms with Gasteiger partial charge < -0.3 is 39.5 Å². The van der Waals surface area contributed by atoms with Gasteiger partial charge in [0.1, 0.15) is 34.1 Å². The van der Waals surface area contributed by atoms with Crippen LogP contribution in [0.2, 0.25) is 0 Å². The summed E-state index contributed by atoms with van der Waals surface area (Å²) in [4.78, 5) is 84.4. The third kappa shape index (κ3) is 13.3. The minimum atomic E-state index is -0.701. The van der Waals surface area contributed by atoms with Crippen LogP contribution in [0, 0.1) is 18.7 Å². The monoisotopic (exact) mass is 1090 g/mol. The van der Waals surface area contributed by atoms with E-state index in [-0.39, 0.29) is 53.2 Å². The number of halogens is 1. The number of aryl methyl sites for hydroxylation is 1. The number of thiazole rings is 2. The summed E-state index contributed by atoms with van der Waals surface area (Å²) in [7, 11) is 3.30. The van der Waals surface area contributed by atoms with Crippen LogP contribution in [0.5, 0.6) is 11.5 Å². The Hall–Kier alpha value is -5.77. The second-order valence-electron chi connectivity index (χ2n) is 20.0. The number of hydrogen-bond donors (Lipinski definition) is 3. The number of hydrogen-bond acceptors (Lipinski definition) is 15. The highest BCUT2D eigenvalue weighted by Crippen LogP contribution is 2.40. The molecular weight excluding hydrogens is 1030 g/mol. The smallest absolute Gasteiger partial charge is 0.257 e. The van der Waals surface area contributed by atoms with E-state index in [1.165, 1.54) is 58.7 Å². The minimum absolute atomic E-state index is 0.0314. The van der Waals surface area contributed by atoms with E-state index in [9.17, 15) is 28.4 Å². The van der Waals surface area contributed by atoms with Crippen LogP contribution in [0.15, 0.2) is 81.3 Å². The average Bonchev–Trinajstić information content (AvgIpc) is 4.24. The fourth-order valence-electron chi connectivity index (χ4n) is 10.6. The molecule has 3 N–H and O–H groups in total. The number of benzene rings is 3. The van der Waals surface area contributed by atoms with E-state index in [0.717, 1.165) is 85.5 Å². The van der Waals surface area contributed by atoms with E-state index >= 15 is 0 Å². The molecule has 3 aliphatic heterocycles. The van der Waals surface area contributed by atoms with Crippen LogP contribution in [0.25, 0.3) is 0 Å². The zero-order valence-electron chi connectivity index (χ0n) is 43.5. The van der Waals surface area contributed by atoms with Crippen molar-refractivity contribution >= 4 is 69.0 Å². The number of anilines is 1. The van der Waals surface area contributed by atoms with Gasteiger partial charge in [0.15, 0.2) is 5.13 Å². The van der Waals surface area contributed by atoms with E-state index in [1.54, 1.807) is 49.7 Å². The molecule has 2 unspecified atom stereocenters. The van der Waals surface area contributed by atoms with Crippen LogP contribution in [0.4, 0.5) is 9.52 Å². The lowest BCUT2D eigenvalue weighted by Gasteiger charge is -2.42. The largest absolute Gasteiger partial charge is 0.496 e. The Morgan fingerprint density at radius 3 is 2.34 bits per heavy atom. The number of methoxy groups -OCH3 is 1. The number of piperidine rings is 1. The Morgan fingerprint density at radius 1 is 0.868 bits per heavy atom. The molecule has 0 spiro atoms. The molecule has 3 aromatic carbocycles. The summed E-state index contributed by atoms with van der Waals surface area (Å²) < 4.78 is 32.0. The number of amides is 4. The van der Waals surface area contributed by atoms with Crippen LogP contribution in [0.3, 0.4) is 0 Å². The Kier molecular flexibility index (Phi) is 18.5. The summed E-state index contributed by atoms with van der Waals surface area (Å²) in [5, 5.41) is 12.0. The number of likely N-dealkylation sites (tertiary alicyclic amines) is 2. The van der Waals surface area contributed by atoms with E-state index in [4.69, 9.17) is 19.2 Å². The first-order valence-electron chi connectivity index (χ1n) is 26.4. The molecule has 404 valence electrons. The van der Waals surface area contributed by atoms with Crippen LogP contribution in [0.1, 0.15) is 125 Å². The second-order valence-corrected chi connectivity index (χ2v) is 23.3. The third-order valence-electron chi connectivity index (χ3n) is 15.1. The maximum Gasteiger partial charge on any atom is 0.257 e. The van der Waals surface area contributed by atoms with E-state index in [2.05, 4.69) is 25.8 Å². The summed E-state index contributed by atoms with van der Waals surface area (Å²) >= 11 is 4.20. The standard InChI is InChI=1S/C56H67FN8O8S3/c1-34-30-46(71-4)43(54(69)64-26-28-72-29-27-64)31-47(34)75-48-32-59-56(76-48)62-52(68)38-13-18-42(19-14-38)73-41-9-6-5-8-40(17-20-41)63-24-21-36(22-25-63)49(61-51(67)35(2)58-3)55(70)65-23-7-10-45(65)53-60-44(33-74-53)50(66)37-11-15-39(57)16-12-37/h11-16,18-19,30-33,35-36,40-41,45,49,58H,5-10,17,20-29H2,1-4H3,(H,61,67)(H,59,62,68)/t35-,40?,41?,45-,49-/m0/s1. The number of nitrogens with one attached hydrogen (secondary N) is 3.